The molecule has 4 rings (SSSR count). The minimum atomic E-state index is -0.503. The van der Waals surface area contributed by atoms with Crippen molar-refractivity contribution in [2.75, 3.05) is 5.73 Å². The third kappa shape index (κ3) is 3.57. The number of hydrogen-bond donors (Lipinski definition) is 1. The Hall–Kier alpha value is -3.88. The van der Waals surface area contributed by atoms with Crippen molar-refractivity contribution in [1.82, 2.24) is 24.7 Å². The Balaban J connectivity index is 1.85. The van der Waals surface area contributed by atoms with Crippen molar-refractivity contribution in [3.8, 4) is 17.3 Å². The van der Waals surface area contributed by atoms with Crippen LogP contribution in [0.4, 0.5) is 10.2 Å². The second kappa shape index (κ2) is 7.86. The van der Waals surface area contributed by atoms with Gasteiger partial charge in [-0.1, -0.05) is 25.1 Å². The van der Waals surface area contributed by atoms with Gasteiger partial charge in [0, 0.05) is 18.7 Å². The maximum absolute atomic E-state index is 14.2. The standard InChI is InChI=1S/C21H19FN6O2/c1-3-16-18(30-12(2)29)19(23)26-20(25-16)17-14-8-6-10-24-21(14)28(27-17)11-13-7-4-5-9-15(13)22/h4-10H,3,11H2,1-2H3,(H2,23,25,26). The predicted octanol–water partition coefficient (Wildman–Crippen LogP) is 3.15. The molecule has 0 radical (unpaired) electrons. The van der Waals surface area contributed by atoms with E-state index in [-0.39, 0.29) is 29.8 Å². The fourth-order valence-corrected chi connectivity index (χ4v) is 3.19. The number of anilines is 1. The van der Waals surface area contributed by atoms with Crippen molar-refractivity contribution in [1.29, 1.82) is 0 Å². The molecule has 8 nitrogen and oxygen atoms in total. The van der Waals surface area contributed by atoms with Gasteiger partial charge in [-0.25, -0.2) is 24.0 Å². The largest absolute Gasteiger partial charge is 0.421 e. The van der Waals surface area contributed by atoms with Crippen molar-refractivity contribution in [3.05, 3.63) is 59.7 Å². The van der Waals surface area contributed by atoms with Crippen LogP contribution in [0, 0.1) is 5.82 Å². The van der Waals surface area contributed by atoms with E-state index in [1.165, 1.54) is 13.0 Å². The topological polar surface area (TPSA) is 109 Å². The molecule has 0 saturated heterocycles. The minimum Gasteiger partial charge on any atom is -0.421 e. The van der Waals surface area contributed by atoms with Crippen LogP contribution in [0.25, 0.3) is 22.6 Å². The van der Waals surface area contributed by atoms with Gasteiger partial charge in [0.1, 0.15) is 11.5 Å². The van der Waals surface area contributed by atoms with Crippen LogP contribution in [0.15, 0.2) is 42.6 Å². The molecule has 3 heterocycles. The van der Waals surface area contributed by atoms with Crippen LogP contribution in [0.1, 0.15) is 25.1 Å². The molecule has 0 fully saturated rings. The molecule has 0 saturated carbocycles. The number of nitrogens with zero attached hydrogens (tertiary/aromatic N) is 5. The number of pyridine rings is 1. The monoisotopic (exact) mass is 406 g/mol. The van der Waals surface area contributed by atoms with Gasteiger partial charge in [-0.2, -0.15) is 5.10 Å². The first-order valence-electron chi connectivity index (χ1n) is 9.38. The number of ether oxygens (including phenoxy) is 1. The van der Waals surface area contributed by atoms with Crippen molar-refractivity contribution in [3.63, 3.8) is 0 Å². The highest BCUT2D eigenvalue weighted by atomic mass is 19.1. The average Bonchev–Trinajstić information content (AvgIpc) is 3.09. The van der Waals surface area contributed by atoms with E-state index in [0.717, 1.165) is 0 Å². The number of nitrogens with two attached hydrogens (primary N) is 1. The second-order valence-electron chi connectivity index (χ2n) is 6.63. The molecule has 0 aliphatic heterocycles. The van der Waals surface area contributed by atoms with E-state index in [9.17, 15) is 9.18 Å². The first kappa shape index (κ1) is 19.4. The number of aromatic nitrogens is 5. The van der Waals surface area contributed by atoms with E-state index < -0.39 is 5.97 Å². The molecule has 30 heavy (non-hydrogen) atoms. The van der Waals surface area contributed by atoms with Crippen LogP contribution in [-0.4, -0.2) is 30.7 Å². The van der Waals surface area contributed by atoms with Gasteiger partial charge in [-0.3, -0.25) is 4.79 Å². The molecule has 0 spiro atoms. The van der Waals surface area contributed by atoms with Gasteiger partial charge in [0.2, 0.25) is 0 Å². The fourth-order valence-electron chi connectivity index (χ4n) is 3.19. The SMILES string of the molecule is CCc1nc(-c2nn(Cc3ccccc3F)c3ncccc23)nc(N)c1OC(C)=O. The van der Waals surface area contributed by atoms with E-state index in [1.54, 1.807) is 35.1 Å². The molecule has 0 amide bonds. The maximum atomic E-state index is 14.2. The zero-order valence-corrected chi connectivity index (χ0v) is 16.5. The number of esters is 1. The first-order valence-corrected chi connectivity index (χ1v) is 9.38. The zero-order chi connectivity index (χ0) is 21.3. The van der Waals surface area contributed by atoms with Gasteiger partial charge < -0.3 is 10.5 Å². The summed E-state index contributed by atoms with van der Waals surface area (Å²) < 4.78 is 20.9. The molecule has 3 aromatic heterocycles. The molecular weight excluding hydrogens is 387 g/mol. The summed E-state index contributed by atoms with van der Waals surface area (Å²) in [7, 11) is 0. The second-order valence-corrected chi connectivity index (χ2v) is 6.63. The highest BCUT2D eigenvalue weighted by Gasteiger charge is 2.21. The van der Waals surface area contributed by atoms with Crippen LogP contribution < -0.4 is 10.5 Å². The van der Waals surface area contributed by atoms with Crippen molar-refractivity contribution in [2.45, 2.75) is 26.8 Å². The van der Waals surface area contributed by atoms with Gasteiger partial charge in [-0.15, -0.1) is 0 Å². The predicted molar refractivity (Wildman–Crippen MR) is 109 cm³/mol. The number of carbonyl (C=O) groups is 1. The molecule has 9 heteroatoms. The van der Waals surface area contributed by atoms with Crippen LogP contribution in [0.3, 0.4) is 0 Å². The van der Waals surface area contributed by atoms with Gasteiger partial charge >= 0.3 is 5.97 Å². The molecule has 0 aliphatic rings. The Morgan fingerprint density at radius 2 is 2.00 bits per heavy atom. The zero-order valence-electron chi connectivity index (χ0n) is 16.5. The van der Waals surface area contributed by atoms with Gasteiger partial charge in [0.25, 0.3) is 0 Å². The van der Waals surface area contributed by atoms with E-state index in [1.807, 2.05) is 13.0 Å². The lowest BCUT2D eigenvalue weighted by Gasteiger charge is -2.10. The van der Waals surface area contributed by atoms with Crippen LogP contribution in [0.5, 0.6) is 5.75 Å². The third-order valence-electron chi connectivity index (χ3n) is 4.54. The number of fused-ring (bicyclic) bond motifs is 1. The lowest BCUT2D eigenvalue weighted by atomic mass is 10.2. The maximum Gasteiger partial charge on any atom is 0.308 e. The van der Waals surface area contributed by atoms with E-state index in [2.05, 4.69) is 20.1 Å². The highest BCUT2D eigenvalue weighted by Crippen LogP contribution is 2.30. The Morgan fingerprint density at radius 3 is 2.73 bits per heavy atom. The van der Waals surface area contributed by atoms with E-state index in [4.69, 9.17) is 10.5 Å². The Bertz CT molecular complexity index is 1250. The molecule has 2 N–H and O–H groups in total. The summed E-state index contributed by atoms with van der Waals surface area (Å²) in [5.41, 5.74) is 8.06. The van der Waals surface area contributed by atoms with Gasteiger partial charge in [0.05, 0.1) is 17.6 Å². The van der Waals surface area contributed by atoms with Gasteiger partial charge in [-0.05, 0) is 24.6 Å². The number of aryl methyl sites for hydroxylation is 1. The molecule has 1 aromatic carbocycles. The number of nitrogen functional groups attached to an aromatic ring is 1. The molecule has 152 valence electrons. The first-order chi connectivity index (χ1) is 14.5. The number of hydrogen-bond acceptors (Lipinski definition) is 7. The summed E-state index contributed by atoms with van der Waals surface area (Å²) in [4.78, 5) is 24.6. The Morgan fingerprint density at radius 1 is 1.20 bits per heavy atom. The number of carbonyl (C=O) groups excluding carboxylic acids is 1. The van der Waals surface area contributed by atoms with E-state index in [0.29, 0.717) is 34.4 Å². The van der Waals surface area contributed by atoms with Crippen LogP contribution in [-0.2, 0) is 17.8 Å². The lowest BCUT2D eigenvalue weighted by molar-refractivity contribution is -0.131. The van der Waals surface area contributed by atoms with Crippen molar-refractivity contribution >= 4 is 22.8 Å². The quantitative estimate of drug-likeness (QED) is 0.507. The molecule has 0 atom stereocenters. The smallest absolute Gasteiger partial charge is 0.308 e. The van der Waals surface area contributed by atoms with Crippen molar-refractivity contribution < 1.29 is 13.9 Å². The molecule has 4 aromatic rings. The summed E-state index contributed by atoms with van der Waals surface area (Å²) in [6, 6.07) is 10.1. The summed E-state index contributed by atoms with van der Waals surface area (Å²) in [5, 5.41) is 5.31. The molecule has 0 bridgehead atoms. The number of benzene rings is 1. The van der Waals surface area contributed by atoms with Gasteiger partial charge in [0.15, 0.2) is 23.0 Å². The highest BCUT2D eigenvalue weighted by molar-refractivity contribution is 5.89. The van der Waals surface area contributed by atoms with Crippen LogP contribution >= 0.6 is 0 Å². The number of halogens is 1. The summed E-state index contributed by atoms with van der Waals surface area (Å²) in [6.45, 7) is 3.35. The summed E-state index contributed by atoms with van der Waals surface area (Å²) >= 11 is 0. The van der Waals surface area contributed by atoms with Crippen molar-refractivity contribution in [2.24, 2.45) is 0 Å². The molecule has 0 unspecified atom stereocenters. The molecular formula is C21H19FN6O2. The Kier molecular flexibility index (Phi) is 5.09. The number of rotatable bonds is 5. The Labute approximate surface area is 171 Å². The summed E-state index contributed by atoms with van der Waals surface area (Å²) in [6.07, 6.45) is 2.12. The lowest BCUT2D eigenvalue weighted by Crippen LogP contribution is -2.10. The van der Waals surface area contributed by atoms with E-state index >= 15 is 0 Å². The third-order valence-corrected chi connectivity index (χ3v) is 4.54. The fraction of sp³-hybridized carbons (Fsp3) is 0.190. The normalized spacial score (nSPS) is 11.0. The minimum absolute atomic E-state index is 0.0488. The average molecular weight is 406 g/mol. The van der Waals surface area contributed by atoms with Crippen LogP contribution in [0.2, 0.25) is 0 Å². The summed E-state index contributed by atoms with van der Waals surface area (Å²) in [5.74, 6) is -0.338. The molecule has 0 aliphatic carbocycles.